The molecule has 0 saturated carbocycles. The van der Waals surface area contributed by atoms with Crippen LogP contribution in [0, 0.1) is 25.7 Å². The summed E-state index contributed by atoms with van der Waals surface area (Å²) >= 11 is 1.62. The van der Waals surface area contributed by atoms with Gasteiger partial charge in [0.25, 0.3) is 0 Å². The number of hydrogen-bond donors (Lipinski definition) is 3. The molecule has 2 bridgehead atoms. The Balaban J connectivity index is 1.47. The number of benzene rings is 2. The third-order valence-corrected chi connectivity index (χ3v) is 10.5. The highest BCUT2D eigenvalue weighted by Gasteiger charge is 2.74. The number of amides is 3. The van der Waals surface area contributed by atoms with Crippen LogP contribution in [0.25, 0.3) is 0 Å². The molecule has 1 spiro atoms. The lowest BCUT2D eigenvalue weighted by molar-refractivity contribution is -0.141. The predicted molar refractivity (Wildman–Crippen MR) is 153 cm³/mol. The number of anilines is 2. The molecule has 3 amide bonds. The van der Waals surface area contributed by atoms with Gasteiger partial charge >= 0.3 is 0 Å². The number of para-hydroxylation sites is 1. The summed E-state index contributed by atoms with van der Waals surface area (Å²) in [5.41, 5.74) is 3.27. The maximum Gasteiger partial charge on any atom is 0.248 e. The van der Waals surface area contributed by atoms with Crippen molar-refractivity contribution in [2.45, 2.75) is 69.0 Å². The highest BCUT2D eigenvalue weighted by molar-refractivity contribution is 8.02. The molecule has 9 heteroatoms. The zero-order chi connectivity index (χ0) is 27.9. The first-order chi connectivity index (χ1) is 18.7. The smallest absolute Gasteiger partial charge is 0.248 e. The molecule has 39 heavy (non-hydrogen) atoms. The zero-order valence-electron chi connectivity index (χ0n) is 22.9. The Kier molecular flexibility index (Phi) is 7.66. The maximum absolute atomic E-state index is 14.1. The van der Waals surface area contributed by atoms with E-state index in [2.05, 4.69) is 10.6 Å². The zero-order valence-corrected chi connectivity index (χ0v) is 23.7. The minimum Gasteiger partial charge on any atom is -0.494 e. The molecule has 0 aromatic heterocycles. The van der Waals surface area contributed by atoms with Crippen molar-refractivity contribution in [3.8, 4) is 5.75 Å². The number of aliphatic hydroxyl groups excluding tert-OH is 1. The summed E-state index contributed by atoms with van der Waals surface area (Å²) in [7, 11) is 0. The molecule has 2 aromatic carbocycles. The maximum atomic E-state index is 14.1. The normalized spacial score (nSPS) is 27.8. The van der Waals surface area contributed by atoms with Crippen molar-refractivity contribution in [2.24, 2.45) is 11.8 Å². The summed E-state index contributed by atoms with van der Waals surface area (Å²) in [5.74, 6) is -1.13. The van der Waals surface area contributed by atoms with Crippen LogP contribution in [0.1, 0.15) is 44.2 Å². The molecule has 3 fully saturated rings. The van der Waals surface area contributed by atoms with E-state index in [-0.39, 0.29) is 29.6 Å². The average molecular weight is 552 g/mol. The van der Waals surface area contributed by atoms with Crippen molar-refractivity contribution in [2.75, 3.05) is 23.8 Å². The van der Waals surface area contributed by atoms with Crippen LogP contribution in [0.3, 0.4) is 0 Å². The van der Waals surface area contributed by atoms with Gasteiger partial charge in [-0.05, 0) is 75.4 Å². The minimum atomic E-state index is -0.774. The number of ether oxygens (including phenoxy) is 1. The summed E-state index contributed by atoms with van der Waals surface area (Å²) in [6, 6.07) is 11.8. The number of fused-ring (bicyclic) bond motifs is 1. The highest BCUT2D eigenvalue weighted by Crippen LogP contribution is 2.66. The van der Waals surface area contributed by atoms with Gasteiger partial charge in [-0.15, -0.1) is 11.8 Å². The second-order valence-corrected chi connectivity index (χ2v) is 12.4. The first-order valence-corrected chi connectivity index (χ1v) is 14.6. The van der Waals surface area contributed by atoms with E-state index in [1.807, 2.05) is 45.9 Å². The van der Waals surface area contributed by atoms with Gasteiger partial charge in [0.1, 0.15) is 11.8 Å². The van der Waals surface area contributed by atoms with E-state index in [9.17, 15) is 19.5 Å². The molecular weight excluding hydrogens is 514 g/mol. The molecule has 8 nitrogen and oxygen atoms in total. The first kappa shape index (κ1) is 27.5. The lowest BCUT2D eigenvalue weighted by Crippen LogP contribution is -2.54. The van der Waals surface area contributed by atoms with Gasteiger partial charge in [-0.1, -0.05) is 25.1 Å². The largest absolute Gasteiger partial charge is 0.494 e. The van der Waals surface area contributed by atoms with E-state index in [0.29, 0.717) is 25.1 Å². The van der Waals surface area contributed by atoms with E-state index in [1.165, 1.54) is 0 Å². The van der Waals surface area contributed by atoms with Crippen LogP contribution in [0.2, 0.25) is 0 Å². The SMILES string of the molecule is CCOc1ccc(NC(=O)[C@@H]2[C@H]3C(=O)N([C@@H](CC)CO)C(C(=O)Nc4c(C)cccc4C)C34CC[C@H]2S4)cc1. The van der Waals surface area contributed by atoms with Crippen LogP contribution in [0.15, 0.2) is 42.5 Å². The summed E-state index contributed by atoms with van der Waals surface area (Å²) in [5, 5.41) is 16.3. The number of nitrogens with zero attached hydrogens (tertiary/aromatic N) is 1. The first-order valence-electron chi connectivity index (χ1n) is 13.8. The Morgan fingerprint density at radius 2 is 1.79 bits per heavy atom. The summed E-state index contributed by atoms with van der Waals surface area (Å²) < 4.78 is 4.78. The molecule has 0 radical (unpaired) electrons. The molecule has 3 saturated heterocycles. The van der Waals surface area contributed by atoms with E-state index in [1.54, 1.807) is 40.9 Å². The Labute approximate surface area is 233 Å². The Hall–Kier alpha value is -3.04. The van der Waals surface area contributed by atoms with Crippen LogP contribution in [0.5, 0.6) is 5.75 Å². The number of rotatable bonds is 9. The molecule has 6 atom stereocenters. The van der Waals surface area contributed by atoms with Crippen molar-refractivity contribution in [1.29, 1.82) is 0 Å². The molecule has 208 valence electrons. The van der Waals surface area contributed by atoms with Gasteiger partial charge in [0.2, 0.25) is 17.7 Å². The van der Waals surface area contributed by atoms with E-state index < -0.39 is 28.7 Å². The monoisotopic (exact) mass is 551 g/mol. The van der Waals surface area contributed by atoms with Crippen LogP contribution in [0.4, 0.5) is 11.4 Å². The fourth-order valence-corrected chi connectivity index (χ4v) is 8.93. The van der Waals surface area contributed by atoms with Gasteiger partial charge in [0, 0.05) is 16.6 Å². The summed E-state index contributed by atoms with van der Waals surface area (Å²) in [6.07, 6.45) is 1.94. The van der Waals surface area contributed by atoms with Crippen molar-refractivity contribution < 1.29 is 24.2 Å². The number of nitrogens with one attached hydrogen (secondary N) is 2. The van der Waals surface area contributed by atoms with Gasteiger partial charge in [-0.3, -0.25) is 14.4 Å². The lowest BCUT2D eigenvalue weighted by atomic mass is 9.70. The number of carbonyl (C=O) groups excluding carboxylic acids is 3. The second-order valence-electron chi connectivity index (χ2n) is 10.7. The number of aliphatic hydroxyl groups is 1. The van der Waals surface area contributed by atoms with Crippen LogP contribution in [-0.2, 0) is 14.4 Å². The van der Waals surface area contributed by atoms with Crippen molar-refractivity contribution in [3.63, 3.8) is 0 Å². The van der Waals surface area contributed by atoms with Gasteiger partial charge in [0.05, 0.1) is 35.8 Å². The molecule has 3 heterocycles. The quantitative estimate of drug-likeness (QED) is 0.432. The van der Waals surface area contributed by atoms with Crippen LogP contribution in [-0.4, -0.2) is 63.0 Å². The minimum absolute atomic E-state index is 0.0477. The van der Waals surface area contributed by atoms with Gasteiger partial charge in [0.15, 0.2) is 0 Å². The van der Waals surface area contributed by atoms with Gasteiger partial charge in [-0.25, -0.2) is 0 Å². The topological polar surface area (TPSA) is 108 Å². The molecule has 3 N–H and O–H groups in total. The average Bonchev–Trinajstić information content (AvgIpc) is 3.56. The van der Waals surface area contributed by atoms with Crippen molar-refractivity contribution in [3.05, 3.63) is 53.6 Å². The Morgan fingerprint density at radius 3 is 2.41 bits per heavy atom. The molecule has 5 rings (SSSR count). The van der Waals surface area contributed by atoms with E-state index >= 15 is 0 Å². The standard InChI is InChI=1S/C30H37N3O5S/c1-5-20(16-34)33-26(28(36)32-25-17(3)8-7-9-18(25)4)30-15-14-22(39-30)23(24(30)29(33)37)27(35)31-19-10-12-21(13-11-19)38-6-2/h7-13,20,22-24,26,34H,5-6,14-16H2,1-4H3,(H,31,35)(H,32,36)/t20-,22+,23-,24-,26?,30?/m0/s1. The van der Waals surface area contributed by atoms with Crippen molar-refractivity contribution >= 4 is 40.9 Å². The Bertz CT molecular complexity index is 1240. The van der Waals surface area contributed by atoms with Crippen LogP contribution < -0.4 is 15.4 Å². The summed E-state index contributed by atoms with van der Waals surface area (Å²) in [6.45, 7) is 8.02. The highest BCUT2D eigenvalue weighted by atomic mass is 32.2. The molecule has 2 aromatic rings. The number of likely N-dealkylation sites (tertiary alicyclic amines) is 1. The van der Waals surface area contributed by atoms with Gasteiger partial charge < -0.3 is 25.4 Å². The third kappa shape index (κ3) is 4.59. The molecule has 2 unspecified atom stereocenters. The number of aryl methyl sites for hydroxylation is 2. The van der Waals surface area contributed by atoms with Crippen molar-refractivity contribution in [1.82, 2.24) is 4.90 Å². The third-order valence-electron chi connectivity index (χ3n) is 8.53. The number of thioether (sulfide) groups is 1. The fourth-order valence-electron chi connectivity index (χ4n) is 6.73. The fraction of sp³-hybridized carbons (Fsp3) is 0.500. The lowest BCUT2D eigenvalue weighted by Gasteiger charge is -2.37. The molecule has 0 aliphatic carbocycles. The van der Waals surface area contributed by atoms with Crippen LogP contribution >= 0.6 is 11.8 Å². The molecule has 3 aliphatic heterocycles. The van der Waals surface area contributed by atoms with E-state index in [4.69, 9.17) is 4.74 Å². The predicted octanol–water partition coefficient (Wildman–Crippen LogP) is 4.14. The van der Waals surface area contributed by atoms with E-state index in [0.717, 1.165) is 29.0 Å². The second kappa shape index (κ2) is 10.8. The Morgan fingerprint density at radius 1 is 1.10 bits per heavy atom. The number of carbonyl (C=O) groups is 3. The molecular formula is C30H37N3O5S. The van der Waals surface area contributed by atoms with Gasteiger partial charge in [-0.2, -0.15) is 0 Å². The molecule has 3 aliphatic rings. The summed E-state index contributed by atoms with van der Waals surface area (Å²) in [4.78, 5) is 43.5. The number of hydrogen-bond acceptors (Lipinski definition) is 6.